The van der Waals surface area contributed by atoms with E-state index in [1.165, 1.54) is 33.9 Å². The summed E-state index contributed by atoms with van der Waals surface area (Å²) in [5, 5.41) is 2.83. The highest BCUT2D eigenvalue weighted by atomic mass is 14.2. The van der Waals surface area contributed by atoms with Gasteiger partial charge in [-0.05, 0) is 35.2 Å². The van der Waals surface area contributed by atoms with Crippen LogP contribution < -0.4 is 0 Å². The van der Waals surface area contributed by atoms with E-state index in [9.17, 15) is 0 Å². The molecule has 2 aromatic rings. The largest absolute Gasteiger partial charge is 0.0652 e. The van der Waals surface area contributed by atoms with E-state index in [0.29, 0.717) is 5.92 Å². The third-order valence-electron chi connectivity index (χ3n) is 3.69. The van der Waals surface area contributed by atoms with Crippen molar-refractivity contribution in [2.45, 2.75) is 26.2 Å². The fourth-order valence-electron chi connectivity index (χ4n) is 2.94. The molecule has 0 saturated carbocycles. The molecular weight excluding hydrogens is 192 g/mol. The molecule has 0 saturated heterocycles. The maximum absolute atomic E-state index is 2.35. The summed E-state index contributed by atoms with van der Waals surface area (Å²) in [6, 6.07) is 13.3. The number of benzene rings is 2. The minimum Gasteiger partial charge on any atom is -0.0652 e. The molecule has 0 N–H and O–H groups in total. The van der Waals surface area contributed by atoms with Gasteiger partial charge in [0.2, 0.25) is 0 Å². The molecule has 16 heavy (non-hydrogen) atoms. The molecule has 0 fully saturated rings. The van der Waals surface area contributed by atoms with Gasteiger partial charge in [0.1, 0.15) is 0 Å². The van der Waals surface area contributed by atoms with Crippen molar-refractivity contribution in [2.24, 2.45) is 0 Å². The summed E-state index contributed by atoms with van der Waals surface area (Å²) in [5.74, 6) is 0.610. The number of hydrogen-bond acceptors (Lipinski definition) is 0. The lowest BCUT2D eigenvalue weighted by Gasteiger charge is -2.24. The van der Waals surface area contributed by atoms with E-state index in [0.717, 1.165) is 0 Å². The number of hydrogen-bond donors (Lipinski definition) is 0. The van der Waals surface area contributed by atoms with Gasteiger partial charge < -0.3 is 0 Å². The molecule has 0 bridgehead atoms. The summed E-state index contributed by atoms with van der Waals surface area (Å²) in [6.07, 6.45) is 3.54. The Balaban J connectivity index is 2.42. The summed E-state index contributed by atoms with van der Waals surface area (Å²) < 4.78 is 0. The topological polar surface area (TPSA) is 0 Å². The number of allylic oxidation sites excluding steroid dienone is 1. The lowest BCUT2D eigenvalue weighted by atomic mass is 9.80. The van der Waals surface area contributed by atoms with E-state index < -0.39 is 0 Å². The van der Waals surface area contributed by atoms with Gasteiger partial charge in [-0.1, -0.05) is 55.0 Å². The van der Waals surface area contributed by atoms with Gasteiger partial charge in [-0.3, -0.25) is 0 Å². The first-order valence-corrected chi connectivity index (χ1v) is 6.01. The van der Waals surface area contributed by atoms with Crippen LogP contribution in [-0.4, -0.2) is 0 Å². The van der Waals surface area contributed by atoms with E-state index >= 15 is 0 Å². The molecule has 80 valence electrons. The van der Waals surface area contributed by atoms with Crippen molar-refractivity contribution in [3.05, 3.63) is 53.1 Å². The molecule has 0 radical (unpaired) electrons. The van der Waals surface area contributed by atoms with Crippen molar-refractivity contribution in [1.82, 2.24) is 0 Å². The second-order valence-corrected chi connectivity index (χ2v) is 4.64. The Labute approximate surface area is 96.6 Å². The second-order valence-electron chi connectivity index (χ2n) is 4.64. The zero-order chi connectivity index (χ0) is 11.1. The molecule has 0 heteroatoms. The third-order valence-corrected chi connectivity index (χ3v) is 3.69. The molecule has 0 nitrogen and oxygen atoms in total. The van der Waals surface area contributed by atoms with E-state index in [-0.39, 0.29) is 0 Å². The Morgan fingerprint density at radius 3 is 2.56 bits per heavy atom. The lowest BCUT2D eigenvalue weighted by Crippen LogP contribution is -2.04. The van der Waals surface area contributed by atoms with E-state index in [2.05, 4.69) is 56.3 Å². The molecular formula is C16H16. The zero-order valence-corrected chi connectivity index (χ0v) is 9.83. The fourth-order valence-corrected chi connectivity index (χ4v) is 2.94. The predicted molar refractivity (Wildman–Crippen MR) is 70.6 cm³/mol. The van der Waals surface area contributed by atoms with Crippen molar-refractivity contribution in [3.63, 3.8) is 0 Å². The third kappa shape index (κ3) is 1.23. The maximum Gasteiger partial charge on any atom is 0.00524 e. The maximum atomic E-state index is 2.35. The minimum atomic E-state index is 0.610. The highest BCUT2D eigenvalue weighted by Gasteiger charge is 2.19. The zero-order valence-electron chi connectivity index (χ0n) is 9.83. The minimum absolute atomic E-state index is 0.610. The van der Waals surface area contributed by atoms with Gasteiger partial charge in [0.05, 0.1) is 0 Å². The van der Waals surface area contributed by atoms with Crippen LogP contribution in [0.15, 0.2) is 42.0 Å². The Morgan fingerprint density at radius 2 is 1.81 bits per heavy atom. The van der Waals surface area contributed by atoms with E-state index in [1.807, 2.05) is 0 Å². The molecule has 3 rings (SSSR count). The van der Waals surface area contributed by atoms with Crippen LogP contribution in [0.1, 0.15) is 37.3 Å². The molecule has 0 spiro atoms. The Morgan fingerprint density at radius 1 is 1.06 bits per heavy atom. The molecule has 0 aromatic heterocycles. The first-order chi connectivity index (χ1) is 7.81. The SMILES string of the molecule is CCC1C(C)=Cc2cccc3cccc1c23. The van der Waals surface area contributed by atoms with E-state index in [1.54, 1.807) is 0 Å². The molecule has 1 aliphatic carbocycles. The first-order valence-electron chi connectivity index (χ1n) is 6.01. The summed E-state index contributed by atoms with van der Waals surface area (Å²) >= 11 is 0. The smallest absolute Gasteiger partial charge is 0.00524 e. The van der Waals surface area contributed by atoms with Gasteiger partial charge in [0.15, 0.2) is 0 Å². The van der Waals surface area contributed by atoms with E-state index in [4.69, 9.17) is 0 Å². The summed E-state index contributed by atoms with van der Waals surface area (Å²) in [6.45, 7) is 4.53. The molecule has 0 amide bonds. The Hall–Kier alpha value is -1.56. The van der Waals surface area contributed by atoms with Crippen LogP contribution in [0.25, 0.3) is 16.8 Å². The average molecular weight is 208 g/mol. The van der Waals surface area contributed by atoms with Crippen molar-refractivity contribution in [3.8, 4) is 0 Å². The van der Waals surface area contributed by atoms with Crippen LogP contribution >= 0.6 is 0 Å². The monoisotopic (exact) mass is 208 g/mol. The Bertz CT molecular complexity index is 570. The highest BCUT2D eigenvalue weighted by Crippen LogP contribution is 2.39. The van der Waals surface area contributed by atoms with Crippen molar-refractivity contribution < 1.29 is 0 Å². The van der Waals surface area contributed by atoms with Crippen LogP contribution in [0.4, 0.5) is 0 Å². The van der Waals surface area contributed by atoms with Gasteiger partial charge in [-0.25, -0.2) is 0 Å². The summed E-state index contributed by atoms with van der Waals surface area (Å²) in [7, 11) is 0. The predicted octanol–water partition coefficient (Wildman–Crippen LogP) is 4.75. The Kier molecular flexibility index (Phi) is 2.10. The standard InChI is InChI=1S/C16H16/c1-3-14-11(2)10-13-8-4-6-12-7-5-9-15(14)16(12)13/h4-10,14H,3H2,1-2H3. The average Bonchev–Trinajstić information content (AvgIpc) is 2.30. The van der Waals surface area contributed by atoms with Gasteiger partial charge in [-0.15, -0.1) is 0 Å². The first kappa shape index (κ1) is 9.65. The molecule has 1 aliphatic rings. The molecule has 1 unspecified atom stereocenters. The van der Waals surface area contributed by atoms with Crippen molar-refractivity contribution in [1.29, 1.82) is 0 Å². The second kappa shape index (κ2) is 3.48. The van der Waals surface area contributed by atoms with Gasteiger partial charge >= 0.3 is 0 Å². The normalized spacial score (nSPS) is 18.6. The van der Waals surface area contributed by atoms with Crippen LogP contribution in [0.3, 0.4) is 0 Å². The molecule has 0 heterocycles. The van der Waals surface area contributed by atoms with Crippen LogP contribution in [0.5, 0.6) is 0 Å². The van der Waals surface area contributed by atoms with Crippen LogP contribution in [0.2, 0.25) is 0 Å². The van der Waals surface area contributed by atoms with Crippen LogP contribution in [0, 0.1) is 0 Å². The molecule has 1 atom stereocenters. The van der Waals surface area contributed by atoms with Gasteiger partial charge in [0.25, 0.3) is 0 Å². The lowest BCUT2D eigenvalue weighted by molar-refractivity contribution is 0.767. The summed E-state index contributed by atoms with van der Waals surface area (Å²) in [4.78, 5) is 0. The van der Waals surface area contributed by atoms with Crippen LogP contribution in [-0.2, 0) is 0 Å². The summed E-state index contributed by atoms with van der Waals surface area (Å²) in [5.41, 5.74) is 4.39. The van der Waals surface area contributed by atoms with Gasteiger partial charge in [0, 0.05) is 5.92 Å². The number of rotatable bonds is 1. The molecule has 2 aromatic carbocycles. The fraction of sp³-hybridized carbons (Fsp3) is 0.250. The van der Waals surface area contributed by atoms with Gasteiger partial charge in [-0.2, -0.15) is 0 Å². The van der Waals surface area contributed by atoms with Crippen molar-refractivity contribution in [2.75, 3.05) is 0 Å². The van der Waals surface area contributed by atoms with Crippen molar-refractivity contribution >= 4 is 16.8 Å². The highest BCUT2D eigenvalue weighted by molar-refractivity contribution is 5.96. The quantitative estimate of drug-likeness (QED) is 0.634. The molecule has 0 aliphatic heterocycles.